The maximum absolute atomic E-state index is 12.3. The van der Waals surface area contributed by atoms with Gasteiger partial charge in [0.25, 0.3) is 10.0 Å². The van der Waals surface area contributed by atoms with Crippen LogP contribution >= 0.6 is 22.9 Å². The van der Waals surface area contributed by atoms with Gasteiger partial charge in [0.15, 0.2) is 8.68 Å². The molecular weight excluding hydrogens is 310 g/mol. The van der Waals surface area contributed by atoms with Crippen molar-refractivity contribution in [3.63, 3.8) is 0 Å². The molecule has 0 spiro atoms. The summed E-state index contributed by atoms with van der Waals surface area (Å²) in [6.45, 7) is 0.797. The third-order valence-electron chi connectivity index (χ3n) is 3.11. The van der Waals surface area contributed by atoms with E-state index in [1.54, 1.807) is 0 Å². The van der Waals surface area contributed by atoms with Crippen molar-refractivity contribution in [2.75, 3.05) is 13.1 Å². The summed E-state index contributed by atoms with van der Waals surface area (Å²) in [7, 11) is -3.50. The summed E-state index contributed by atoms with van der Waals surface area (Å²) in [5, 5.41) is 0. The van der Waals surface area contributed by atoms with E-state index in [-0.39, 0.29) is 20.5 Å². The minimum absolute atomic E-state index is 0.158. The summed E-state index contributed by atoms with van der Waals surface area (Å²) in [5.74, 6) is -0.162. The number of nitrogens with zero attached hydrogens (tertiary/aromatic N) is 2. The van der Waals surface area contributed by atoms with Crippen molar-refractivity contribution < 1.29 is 13.2 Å². The van der Waals surface area contributed by atoms with Gasteiger partial charge >= 0.3 is 0 Å². The summed E-state index contributed by atoms with van der Waals surface area (Å²) in [5.41, 5.74) is 5.15. The molecular formula is C10H14ClN3O3S2. The van der Waals surface area contributed by atoms with E-state index in [1.165, 1.54) is 10.5 Å². The Morgan fingerprint density at radius 3 is 2.63 bits per heavy atom. The van der Waals surface area contributed by atoms with Gasteiger partial charge in [-0.25, -0.2) is 13.4 Å². The molecule has 19 heavy (non-hydrogen) atoms. The Hall–Kier alpha value is -0.700. The van der Waals surface area contributed by atoms with Crippen molar-refractivity contribution in [3.05, 3.63) is 10.7 Å². The Morgan fingerprint density at radius 1 is 1.53 bits per heavy atom. The second-order valence-electron chi connectivity index (χ2n) is 4.45. The molecule has 1 saturated heterocycles. The van der Waals surface area contributed by atoms with Gasteiger partial charge in [0, 0.05) is 19.5 Å². The highest BCUT2D eigenvalue weighted by Gasteiger charge is 2.31. The zero-order chi connectivity index (χ0) is 14.0. The number of carbonyl (C=O) groups is 1. The number of piperidine rings is 1. The summed E-state index contributed by atoms with van der Waals surface area (Å²) in [6, 6.07) is 0. The van der Waals surface area contributed by atoms with Crippen LogP contribution in [0.25, 0.3) is 0 Å². The van der Waals surface area contributed by atoms with Gasteiger partial charge in [-0.1, -0.05) is 22.9 Å². The highest BCUT2D eigenvalue weighted by Crippen LogP contribution is 2.29. The zero-order valence-electron chi connectivity index (χ0n) is 10.1. The van der Waals surface area contributed by atoms with E-state index >= 15 is 0 Å². The van der Waals surface area contributed by atoms with Gasteiger partial charge in [0.1, 0.15) is 0 Å². The van der Waals surface area contributed by atoms with Gasteiger partial charge in [-0.15, -0.1) is 0 Å². The molecule has 1 aliphatic heterocycles. The van der Waals surface area contributed by atoms with Crippen LogP contribution in [0.5, 0.6) is 0 Å². The van der Waals surface area contributed by atoms with Gasteiger partial charge in [-0.3, -0.25) is 4.79 Å². The molecule has 9 heteroatoms. The number of thiazole rings is 1. The first-order valence-electron chi connectivity index (χ1n) is 5.79. The molecule has 1 amide bonds. The molecule has 106 valence electrons. The van der Waals surface area contributed by atoms with E-state index in [0.29, 0.717) is 32.4 Å². The lowest BCUT2D eigenvalue weighted by Crippen LogP contribution is -2.38. The normalized spacial score (nSPS) is 18.6. The predicted octanol–water partition coefficient (Wildman–Crippen LogP) is 1.07. The van der Waals surface area contributed by atoms with Gasteiger partial charge in [-0.2, -0.15) is 4.31 Å². The number of hydrogen-bond donors (Lipinski definition) is 1. The maximum atomic E-state index is 12.3. The fourth-order valence-electron chi connectivity index (χ4n) is 2.12. The molecule has 0 aliphatic carbocycles. The standard InChI is InChI=1S/C10H14ClN3O3S2/c11-10-13-6-9(18-10)19(16,17)14-3-1-7(2-4-14)5-8(12)15/h6-7H,1-5H2,(H2,12,15). The van der Waals surface area contributed by atoms with Crippen molar-refractivity contribution in [1.82, 2.24) is 9.29 Å². The Labute approximate surface area is 120 Å². The molecule has 2 rings (SSSR count). The first-order chi connectivity index (χ1) is 8.89. The molecule has 6 nitrogen and oxygen atoms in total. The number of primary amides is 1. The number of aromatic nitrogens is 1. The fraction of sp³-hybridized carbons (Fsp3) is 0.600. The lowest BCUT2D eigenvalue weighted by Gasteiger charge is -2.30. The Kier molecular flexibility index (Phi) is 4.44. The molecule has 0 bridgehead atoms. The summed E-state index contributed by atoms with van der Waals surface area (Å²) in [6.07, 6.45) is 2.89. The van der Waals surface area contributed by atoms with E-state index < -0.39 is 10.0 Å². The molecule has 0 saturated carbocycles. The Morgan fingerprint density at radius 2 is 2.16 bits per heavy atom. The number of halogens is 1. The molecule has 0 radical (unpaired) electrons. The van der Waals surface area contributed by atoms with Crippen molar-refractivity contribution in [2.45, 2.75) is 23.5 Å². The van der Waals surface area contributed by atoms with Crippen molar-refractivity contribution >= 4 is 38.9 Å². The van der Waals surface area contributed by atoms with E-state index in [9.17, 15) is 13.2 Å². The summed E-state index contributed by atoms with van der Waals surface area (Å²) >= 11 is 6.61. The van der Waals surface area contributed by atoms with Crippen LogP contribution in [0.4, 0.5) is 0 Å². The zero-order valence-corrected chi connectivity index (χ0v) is 12.5. The molecule has 2 N–H and O–H groups in total. The second kappa shape index (κ2) is 5.74. The predicted molar refractivity (Wildman–Crippen MR) is 72.4 cm³/mol. The largest absolute Gasteiger partial charge is 0.370 e. The third-order valence-corrected chi connectivity index (χ3v) is 6.56. The minimum Gasteiger partial charge on any atom is -0.370 e. The average Bonchev–Trinajstić information content (AvgIpc) is 2.76. The molecule has 2 heterocycles. The number of carbonyl (C=O) groups excluding carboxylic acids is 1. The molecule has 1 aromatic heterocycles. The molecule has 0 atom stereocenters. The van der Waals surface area contributed by atoms with Gasteiger partial charge in [0.05, 0.1) is 6.20 Å². The Balaban J connectivity index is 2.03. The molecule has 1 fully saturated rings. The summed E-state index contributed by atoms with van der Waals surface area (Å²) < 4.78 is 26.3. The number of sulfonamides is 1. The lowest BCUT2D eigenvalue weighted by atomic mass is 9.94. The number of hydrogen-bond acceptors (Lipinski definition) is 5. The van der Waals surface area contributed by atoms with Crippen LogP contribution in [0.15, 0.2) is 10.4 Å². The van der Waals surface area contributed by atoms with Gasteiger partial charge in [0.2, 0.25) is 5.91 Å². The van der Waals surface area contributed by atoms with E-state index in [2.05, 4.69) is 4.98 Å². The van der Waals surface area contributed by atoms with E-state index in [4.69, 9.17) is 17.3 Å². The van der Waals surface area contributed by atoms with Crippen LogP contribution in [0.2, 0.25) is 4.47 Å². The quantitative estimate of drug-likeness (QED) is 0.897. The van der Waals surface area contributed by atoms with Crippen molar-refractivity contribution in [1.29, 1.82) is 0 Å². The monoisotopic (exact) mass is 323 g/mol. The third kappa shape index (κ3) is 3.44. The maximum Gasteiger partial charge on any atom is 0.254 e. The number of amides is 1. The molecule has 0 aromatic carbocycles. The van der Waals surface area contributed by atoms with Crippen LogP contribution in [-0.2, 0) is 14.8 Å². The van der Waals surface area contributed by atoms with Crippen LogP contribution in [0.3, 0.4) is 0 Å². The first kappa shape index (κ1) is 14.7. The summed E-state index contributed by atoms with van der Waals surface area (Å²) in [4.78, 5) is 14.6. The van der Waals surface area contributed by atoms with Crippen LogP contribution in [0.1, 0.15) is 19.3 Å². The van der Waals surface area contributed by atoms with Crippen molar-refractivity contribution in [2.24, 2.45) is 11.7 Å². The van der Waals surface area contributed by atoms with Gasteiger partial charge < -0.3 is 5.73 Å². The van der Waals surface area contributed by atoms with Crippen LogP contribution in [-0.4, -0.2) is 36.7 Å². The van der Waals surface area contributed by atoms with Crippen LogP contribution in [0, 0.1) is 5.92 Å². The average molecular weight is 324 g/mol. The van der Waals surface area contributed by atoms with Crippen LogP contribution < -0.4 is 5.73 Å². The van der Waals surface area contributed by atoms with Gasteiger partial charge in [-0.05, 0) is 18.8 Å². The fourth-order valence-corrected chi connectivity index (χ4v) is 5.04. The second-order valence-corrected chi connectivity index (χ2v) is 8.23. The number of nitrogens with two attached hydrogens (primary N) is 1. The minimum atomic E-state index is -3.50. The molecule has 1 aliphatic rings. The topological polar surface area (TPSA) is 93.4 Å². The van der Waals surface area contributed by atoms with Crippen molar-refractivity contribution in [3.8, 4) is 0 Å². The smallest absolute Gasteiger partial charge is 0.254 e. The highest BCUT2D eigenvalue weighted by atomic mass is 35.5. The van der Waals surface area contributed by atoms with E-state index in [0.717, 1.165) is 11.3 Å². The molecule has 0 unspecified atom stereocenters. The van der Waals surface area contributed by atoms with E-state index in [1.807, 2.05) is 0 Å². The lowest BCUT2D eigenvalue weighted by molar-refractivity contribution is -0.119. The SMILES string of the molecule is NC(=O)CC1CCN(S(=O)(=O)c2cnc(Cl)s2)CC1. The first-order valence-corrected chi connectivity index (χ1v) is 8.43. The molecule has 1 aromatic rings. The number of rotatable bonds is 4. The Bertz CT molecular complexity index is 564. The highest BCUT2D eigenvalue weighted by molar-refractivity contribution is 7.91.